The first-order valence-corrected chi connectivity index (χ1v) is 7.27. The van der Waals surface area contributed by atoms with Gasteiger partial charge in [-0.2, -0.15) is 0 Å². The second-order valence-electron chi connectivity index (χ2n) is 4.67. The van der Waals surface area contributed by atoms with E-state index in [1.165, 1.54) is 0 Å². The standard InChI is InChI=1S/C12H21ClN8O2/c1-17-6(4-7(22)18-3-2-14)5-19-12(23)8-10(15)21-11(16)9(13)20-8/h6,17H,2-5,14H2,1H3,(H,18,22)(H,19,23)(H4,15,16,21). The van der Waals surface area contributed by atoms with Gasteiger partial charge in [0.25, 0.3) is 5.91 Å². The van der Waals surface area contributed by atoms with Crippen molar-refractivity contribution in [2.45, 2.75) is 12.5 Å². The molecule has 0 saturated carbocycles. The normalized spacial score (nSPS) is 11.8. The van der Waals surface area contributed by atoms with Crippen LogP contribution in [0.5, 0.6) is 0 Å². The summed E-state index contributed by atoms with van der Waals surface area (Å²) in [4.78, 5) is 31.2. The molecule has 0 spiro atoms. The lowest BCUT2D eigenvalue weighted by Gasteiger charge is -2.16. The Morgan fingerprint density at radius 2 is 1.91 bits per heavy atom. The van der Waals surface area contributed by atoms with Crippen LogP contribution in [-0.4, -0.2) is 54.5 Å². The van der Waals surface area contributed by atoms with Gasteiger partial charge in [0.2, 0.25) is 5.91 Å². The first-order valence-electron chi connectivity index (χ1n) is 6.89. The highest BCUT2D eigenvalue weighted by Crippen LogP contribution is 2.17. The second kappa shape index (κ2) is 9.08. The maximum atomic E-state index is 12.1. The fourth-order valence-corrected chi connectivity index (χ4v) is 1.82. The predicted molar refractivity (Wildman–Crippen MR) is 87.7 cm³/mol. The molecule has 1 rings (SSSR count). The molecule has 0 bridgehead atoms. The van der Waals surface area contributed by atoms with Crippen molar-refractivity contribution in [2.24, 2.45) is 5.73 Å². The number of nitrogens with two attached hydrogens (primary N) is 3. The van der Waals surface area contributed by atoms with Gasteiger partial charge in [0, 0.05) is 32.1 Å². The van der Waals surface area contributed by atoms with Crippen LogP contribution in [-0.2, 0) is 4.79 Å². The van der Waals surface area contributed by atoms with Crippen molar-refractivity contribution in [3.63, 3.8) is 0 Å². The van der Waals surface area contributed by atoms with Crippen LogP contribution in [0.25, 0.3) is 0 Å². The number of rotatable bonds is 8. The quantitative estimate of drug-likeness (QED) is 0.316. The van der Waals surface area contributed by atoms with Gasteiger partial charge >= 0.3 is 0 Å². The van der Waals surface area contributed by atoms with E-state index in [1.807, 2.05) is 0 Å². The molecule has 11 heteroatoms. The molecule has 0 aliphatic rings. The number of nitrogen functional groups attached to an aromatic ring is 2. The zero-order chi connectivity index (χ0) is 17.4. The minimum atomic E-state index is -0.556. The highest BCUT2D eigenvalue weighted by atomic mass is 35.5. The van der Waals surface area contributed by atoms with E-state index in [0.29, 0.717) is 13.1 Å². The van der Waals surface area contributed by atoms with E-state index in [4.69, 9.17) is 28.8 Å². The van der Waals surface area contributed by atoms with Crippen LogP contribution < -0.4 is 33.2 Å². The molecular weight excluding hydrogens is 324 g/mol. The van der Waals surface area contributed by atoms with Crippen LogP contribution in [0.4, 0.5) is 11.6 Å². The van der Waals surface area contributed by atoms with Crippen LogP contribution in [0.2, 0.25) is 5.15 Å². The summed E-state index contributed by atoms with van der Waals surface area (Å²) >= 11 is 5.73. The van der Waals surface area contributed by atoms with Gasteiger partial charge in [-0.25, -0.2) is 9.97 Å². The van der Waals surface area contributed by atoms with Gasteiger partial charge in [0.1, 0.15) is 0 Å². The summed E-state index contributed by atoms with van der Waals surface area (Å²) in [6.45, 7) is 0.953. The number of aromatic nitrogens is 2. The summed E-state index contributed by atoms with van der Waals surface area (Å²) in [7, 11) is 1.68. The smallest absolute Gasteiger partial charge is 0.273 e. The number of nitrogens with zero attached hydrogens (tertiary/aromatic N) is 2. The first kappa shape index (κ1) is 18.9. The topological polar surface area (TPSA) is 174 Å². The third-order valence-electron chi connectivity index (χ3n) is 2.94. The van der Waals surface area contributed by atoms with Gasteiger partial charge in [-0.1, -0.05) is 11.6 Å². The molecule has 2 amide bonds. The Balaban J connectivity index is 2.60. The molecule has 23 heavy (non-hydrogen) atoms. The van der Waals surface area contributed by atoms with E-state index >= 15 is 0 Å². The molecule has 1 heterocycles. The molecular formula is C12H21ClN8O2. The molecule has 10 nitrogen and oxygen atoms in total. The second-order valence-corrected chi connectivity index (χ2v) is 5.03. The van der Waals surface area contributed by atoms with Gasteiger partial charge < -0.3 is 33.2 Å². The molecule has 0 aliphatic carbocycles. The summed E-state index contributed by atoms with van der Waals surface area (Å²) in [5, 5.41) is 8.09. The molecule has 1 aromatic rings. The fourth-order valence-electron chi connectivity index (χ4n) is 1.69. The van der Waals surface area contributed by atoms with Crippen molar-refractivity contribution in [3.05, 3.63) is 10.8 Å². The number of halogens is 1. The van der Waals surface area contributed by atoms with Crippen molar-refractivity contribution in [1.82, 2.24) is 25.9 Å². The SMILES string of the molecule is CNC(CNC(=O)c1nc(Cl)c(N)nc1N)CC(=O)NCCN. The van der Waals surface area contributed by atoms with Crippen LogP contribution in [0, 0.1) is 0 Å². The summed E-state index contributed by atoms with van der Waals surface area (Å²) in [5.41, 5.74) is 16.2. The van der Waals surface area contributed by atoms with Crippen LogP contribution in [0.1, 0.15) is 16.9 Å². The van der Waals surface area contributed by atoms with Crippen molar-refractivity contribution in [1.29, 1.82) is 0 Å². The molecule has 0 aromatic carbocycles. The number of carbonyl (C=O) groups excluding carboxylic acids is 2. The van der Waals surface area contributed by atoms with Gasteiger partial charge in [0.15, 0.2) is 22.5 Å². The molecule has 0 fully saturated rings. The highest BCUT2D eigenvalue weighted by molar-refractivity contribution is 6.31. The number of likely N-dealkylation sites (N-methyl/N-ethyl adjacent to an activating group) is 1. The van der Waals surface area contributed by atoms with Crippen molar-refractivity contribution >= 4 is 35.1 Å². The maximum absolute atomic E-state index is 12.1. The Morgan fingerprint density at radius 3 is 2.52 bits per heavy atom. The third kappa shape index (κ3) is 5.85. The average molecular weight is 345 g/mol. The van der Waals surface area contributed by atoms with Crippen molar-refractivity contribution in [3.8, 4) is 0 Å². The van der Waals surface area contributed by atoms with Gasteiger partial charge in [-0.05, 0) is 7.05 Å². The Bertz CT molecular complexity index is 568. The Labute approximate surface area is 138 Å². The summed E-state index contributed by atoms with van der Waals surface area (Å²) in [6, 6.07) is -0.268. The zero-order valence-corrected chi connectivity index (χ0v) is 13.5. The molecule has 128 valence electrons. The van der Waals surface area contributed by atoms with E-state index in [-0.39, 0.29) is 47.4 Å². The first-order chi connectivity index (χ1) is 10.9. The van der Waals surface area contributed by atoms with Crippen molar-refractivity contribution < 1.29 is 9.59 Å². The zero-order valence-electron chi connectivity index (χ0n) is 12.7. The number of anilines is 2. The largest absolute Gasteiger partial charge is 0.382 e. The van der Waals surface area contributed by atoms with Gasteiger partial charge in [0.05, 0.1) is 0 Å². The predicted octanol–water partition coefficient (Wildman–Crippen LogP) is -1.92. The molecule has 0 saturated heterocycles. The molecule has 0 radical (unpaired) electrons. The lowest BCUT2D eigenvalue weighted by atomic mass is 10.2. The summed E-state index contributed by atoms with van der Waals surface area (Å²) in [5.74, 6) is -0.894. The van der Waals surface area contributed by atoms with Crippen LogP contribution >= 0.6 is 11.6 Å². The Hall–Kier alpha value is -2.17. The molecule has 1 unspecified atom stereocenters. The van der Waals surface area contributed by atoms with E-state index in [9.17, 15) is 9.59 Å². The molecule has 0 aliphatic heterocycles. The minimum absolute atomic E-state index is 0.0506. The fraction of sp³-hybridized carbons (Fsp3) is 0.500. The minimum Gasteiger partial charge on any atom is -0.382 e. The number of hydrogen-bond donors (Lipinski definition) is 6. The van der Waals surface area contributed by atoms with E-state index < -0.39 is 5.91 Å². The molecule has 9 N–H and O–H groups in total. The molecule has 1 aromatic heterocycles. The van der Waals surface area contributed by atoms with Gasteiger partial charge in [-0.3, -0.25) is 9.59 Å². The Morgan fingerprint density at radius 1 is 1.22 bits per heavy atom. The number of hydrogen-bond acceptors (Lipinski definition) is 8. The third-order valence-corrected chi connectivity index (χ3v) is 3.21. The average Bonchev–Trinajstić information content (AvgIpc) is 2.52. The number of carbonyl (C=O) groups is 2. The molecule has 1 atom stereocenters. The summed E-state index contributed by atoms with van der Waals surface area (Å²) in [6.07, 6.45) is 0.181. The van der Waals surface area contributed by atoms with Gasteiger partial charge in [-0.15, -0.1) is 0 Å². The van der Waals surface area contributed by atoms with E-state index in [0.717, 1.165) is 0 Å². The lowest BCUT2D eigenvalue weighted by molar-refractivity contribution is -0.121. The Kier molecular flexibility index (Phi) is 7.45. The number of amides is 2. The highest BCUT2D eigenvalue weighted by Gasteiger charge is 2.18. The maximum Gasteiger partial charge on any atom is 0.273 e. The number of nitrogens with one attached hydrogen (secondary N) is 3. The van der Waals surface area contributed by atoms with Crippen LogP contribution in [0.15, 0.2) is 0 Å². The van der Waals surface area contributed by atoms with Crippen molar-refractivity contribution in [2.75, 3.05) is 38.1 Å². The van der Waals surface area contributed by atoms with E-state index in [2.05, 4.69) is 25.9 Å². The lowest BCUT2D eigenvalue weighted by Crippen LogP contribution is -2.43. The van der Waals surface area contributed by atoms with E-state index in [1.54, 1.807) is 7.05 Å². The summed E-state index contributed by atoms with van der Waals surface area (Å²) < 4.78 is 0. The van der Waals surface area contributed by atoms with Crippen LogP contribution in [0.3, 0.4) is 0 Å². The monoisotopic (exact) mass is 344 g/mol.